The number of nitrogen functional groups attached to an aromatic ring is 1. The molecule has 0 aliphatic heterocycles. The number of aromatic nitrogens is 1. The van der Waals surface area contributed by atoms with Gasteiger partial charge in [-0.25, -0.2) is 0 Å². The Hall–Kier alpha value is -1.13. The normalized spacial score (nSPS) is 21.2. The summed E-state index contributed by atoms with van der Waals surface area (Å²) in [5.74, 6) is 0. The van der Waals surface area contributed by atoms with Crippen LogP contribution in [0, 0.1) is 0 Å². The van der Waals surface area contributed by atoms with Gasteiger partial charge in [-0.1, -0.05) is 25.7 Å². The van der Waals surface area contributed by atoms with E-state index in [1.165, 1.54) is 0 Å². The van der Waals surface area contributed by atoms with Gasteiger partial charge in [0.05, 0.1) is 11.7 Å². The number of anilines is 1. The number of nitrogens with two attached hydrogens (primary N) is 1. The molecule has 0 saturated heterocycles. The van der Waals surface area contributed by atoms with E-state index in [-0.39, 0.29) is 0 Å². The Bertz CT molecular complexity index is 387. The average Bonchev–Trinajstić information content (AvgIpc) is 2.58. The lowest BCUT2D eigenvalue weighted by Gasteiger charge is -2.32. The van der Waals surface area contributed by atoms with Crippen molar-refractivity contribution in [3.8, 4) is 0 Å². The summed E-state index contributed by atoms with van der Waals surface area (Å²) in [5.41, 5.74) is 6.31. The molecule has 0 bridgehead atoms. The maximum Gasteiger partial charge on any atom is 0.0908 e. The fourth-order valence-electron chi connectivity index (χ4n) is 2.68. The van der Waals surface area contributed by atoms with Crippen molar-refractivity contribution >= 4 is 5.69 Å². The smallest absolute Gasteiger partial charge is 0.0908 e. The summed E-state index contributed by atoms with van der Waals surface area (Å²) in [6.45, 7) is 0. The van der Waals surface area contributed by atoms with Crippen molar-refractivity contribution in [1.29, 1.82) is 0 Å². The van der Waals surface area contributed by atoms with Crippen molar-refractivity contribution in [2.45, 2.75) is 56.7 Å². The van der Waals surface area contributed by atoms with Gasteiger partial charge in [-0.05, 0) is 24.5 Å². The molecule has 1 aliphatic carbocycles. The molecule has 0 radical (unpaired) electrons. The van der Waals surface area contributed by atoms with Gasteiger partial charge in [-0.15, -0.1) is 0 Å². The number of nitrogens with zero attached hydrogens (tertiary/aromatic N) is 1. The van der Waals surface area contributed by atoms with Crippen molar-refractivity contribution in [1.82, 2.24) is 4.98 Å². The number of hydrogen-bond acceptors (Lipinski definition) is 4. The first-order valence-corrected chi connectivity index (χ1v) is 6.71. The number of rotatable bonds is 3. The van der Waals surface area contributed by atoms with Crippen molar-refractivity contribution < 1.29 is 10.2 Å². The van der Waals surface area contributed by atoms with Gasteiger partial charge in [0.15, 0.2) is 0 Å². The highest BCUT2D eigenvalue weighted by molar-refractivity contribution is 5.44. The van der Waals surface area contributed by atoms with Crippen molar-refractivity contribution in [3.63, 3.8) is 0 Å². The van der Waals surface area contributed by atoms with E-state index >= 15 is 0 Å². The third kappa shape index (κ3) is 3.00. The second kappa shape index (κ2) is 5.67. The number of aliphatic hydroxyl groups is 2. The van der Waals surface area contributed by atoms with Crippen LogP contribution in [0.1, 0.15) is 44.1 Å². The fraction of sp³-hybridized carbons (Fsp3) is 0.643. The molecule has 1 aliphatic rings. The first kappa shape index (κ1) is 13.3. The fourth-order valence-corrected chi connectivity index (χ4v) is 2.68. The molecule has 4 N–H and O–H groups in total. The molecule has 0 amide bonds. The third-order valence-corrected chi connectivity index (χ3v) is 3.94. The van der Waals surface area contributed by atoms with Crippen LogP contribution in [0.25, 0.3) is 0 Å². The van der Waals surface area contributed by atoms with Gasteiger partial charge in [0.25, 0.3) is 0 Å². The summed E-state index contributed by atoms with van der Waals surface area (Å²) in [4.78, 5) is 4.01. The monoisotopic (exact) mass is 250 g/mol. The molecule has 4 nitrogen and oxygen atoms in total. The van der Waals surface area contributed by atoms with E-state index < -0.39 is 11.7 Å². The molecule has 18 heavy (non-hydrogen) atoms. The van der Waals surface area contributed by atoms with Crippen LogP contribution in [-0.2, 0) is 6.42 Å². The second-order valence-electron chi connectivity index (χ2n) is 5.31. The number of hydrogen-bond donors (Lipinski definition) is 3. The van der Waals surface area contributed by atoms with E-state index in [9.17, 15) is 10.2 Å². The average molecular weight is 250 g/mol. The molecule has 1 aromatic rings. The molecule has 1 fully saturated rings. The van der Waals surface area contributed by atoms with Crippen LogP contribution in [0.5, 0.6) is 0 Å². The standard InChI is InChI=1S/C14H22N2O2/c15-12-5-8-16-10-11(12)9-13(17)14(18)6-3-1-2-4-7-14/h5,8,10,13,17-18H,1-4,6-7,9H2,(H2,15,16). The summed E-state index contributed by atoms with van der Waals surface area (Å²) >= 11 is 0. The van der Waals surface area contributed by atoms with Crippen molar-refractivity contribution in [2.75, 3.05) is 5.73 Å². The van der Waals surface area contributed by atoms with E-state index in [0.717, 1.165) is 31.2 Å². The van der Waals surface area contributed by atoms with E-state index in [4.69, 9.17) is 5.73 Å². The Kier molecular flexibility index (Phi) is 4.19. The summed E-state index contributed by atoms with van der Waals surface area (Å²) in [6.07, 6.45) is 8.51. The molecule has 100 valence electrons. The van der Waals surface area contributed by atoms with Crippen LogP contribution < -0.4 is 5.73 Å². The molecule has 1 aromatic heterocycles. The first-order chi connectivity index (χ1) is 8.62. The van der Waals surface area contributed by atoms with E-state index in [2.05, 4.69) is 4.98 Å². The third-order valence-electron chi connectivity index (χ3n) is 3.94. The topological polar surface area (TPSA) is 79.4 Å². The maximum atomic E-state index is 10.6. The maximum absolute atomic E-state index is 10.6. The zero-order valence-corrected chi connectivity index (χ0v) is 10.7. The minimum absolute atomic E-state index is 0.371. The Balaban J connectivity index is 2.06. The molecule has 1 atom stereocenters. The number of pyridine rings is 1. The molecule has 0 spiro atoms. The zero-order valence-electron chi connectivity index (χ0n) is 10.7. The van der Waals surface area contributed by atoms with Crippen LogP contribution in [-0.4, -0.2) is 26.9 Å². The van der Waals surface area contributed by atoms with Gasteiger partial charge in [-0.3, -0.25) is 4.98 Å². The Labute approximate surface area is 108 Å². The highest BCUT2D eigenvalue weighted by atomic mass is 16.3. The predicted octanol–water partition coefficient (Wildman–Crippen LogP) is 1.65. The van der Waals surface area contributed by atoms with E-state index in [1.54, 1.807) is 18.5 Å². The molecular weight excluding hydrogens is 228 g/mol. The molecule has 1 heterocycles. The van der Waals surface area contributed by atoms with Crippen LogP contribution in [0.4, 0.5) is 5.69 Å². The Morgan fingerprint density at radius 1 is 1.28 bits per heavy atom. The highest BCUT2D eigenvalue weighted by Gasteiger charge is 2.35. The Morgan fingerprint density at radius 2 is 1.94 bits per heavy atom. The first-order valence-electron chi connectivity index (χ1n) is 6.71. The lowest BCUT2D eigenvalue weighted by atomic mass is 9.85. The Morgan fingerprint density at radius 3 is 2.56 bits per heavy atom. The minimum atomic E-state index is -0.960. The quantitative estimate of drug-likeness (QED) is 0.713. The highest BCUT2D eigenvalue weighted by Crippen LogP contribution is 2.31. The summed E-state index contributed by atoms with van der Waals surface area (Å²) in [7, 11) is 0. The second-order valence-corrected chi connectivity index (χ2v) is 5.31. The molecule has 1 unspecified atom stereocenters. The van der Waals surface area contributed by atoms with Crippen molar-refractivity contribution in [3.05, 3.63) is 24.0 Å². The van der Waals surface area contributed by atoms with E-state index in [1.807, 2.05) is 0 Å². The van der Waals surface area contributed by atoms with Crippen LogP contribution in [0.3, 0.4) is 0 Å². The van der Waals surface area contributed by atoms with Gasteiger partial charge >= 0.3 is 0 Å². The van der Waals surface area contributed by atoms with Crippen LogP contribution in [0.15, 0.2) is 18.5 Å². The molecule has 4 heteroatoms. The summed E-state index contributed by atoms with van der Waals surface area (Å²) in [6, 6.07) is 1.72. The predicted molar refractivity (Wildman–Crippen MR) is 71.0 cm³/mol. The van der Waals surface area contributed by atoms with Gasteiger partial charge in [0, 0.05) is 24.5 Å². The SMILES string of the molecule is Nc1ccncc1CC(O)C1(O)CCCCCC1. The largest absolute Gasteiger partial charge is 0.398 e. The van der Waals surface area contributed by atoms with Crippen LogP contribution in [0.2, 0.25) is 0 Å². The lowest BCUT2D eigenvalue weighted by molar-refractivity contribution is -0.0836. The van der Waals surface area contributed by atoms with Gasteiger partial charge < -0.3 is 15.9 Å². The van der Waals surface area contributed by atoms with Gasteiger partial charge in [0.1, 0.15) is 0 Å². The lowest BCUT2D eigenvalue weighted by Crippen LogP contribution is -2.43. The molecule has 2 rings (SSSR count). The minimum Gasteiger partial charge on any atom is -0.398 e. The molecule has 0 aromatic carbocycles. The molecule has 1 saturated carbocycles. The molecular formula is C14H22N2O2. The number of aliphatic hydroxyl groups excluding tert-OH is 1. The van der Waals surface area contributed by atoms with E-state index in [0.29, 0.717) is 24.9 Å². The summed E-state index contributed by atoms with van der Waals surface area (Å²) < 4.78 is 0. The van der Waals surface area contributed by atoms with Crippen molar-refractivity contribution in [2.24, 2.45) is 0 Å². The van der Waals surface area contributed by atoms with Gasteiger partial charge in [0.2, 0.25) is 0 Å². The van der Waals surface area contributed by atoms with Gasteiger partial charge in [-0.2, -0.15) is 0 Å². The zero-order chi connectivity index (χ0) is 13.0. The summed E-state index contributed by atoms with van der Waals surface area (Å²) in [5, 5.41) is 20.9. The van der Waals surface area contributed by atoms with Crippen LogP contribution >= 0.6 is 0 Å².